The number of hydrogen-bond donors (Lipinski definition) is 3. The zero-order valence-electron chi connectivity index (χ0n) is 11.2. The minimum atomic E-state index is -0.393. The molecular formula is C15H15ClN2O2. The van der Waals surface area contributed by atoms with Crippen molar-refractivity contribution >= 4 is 28.9 Å². The van der Waals surface area contributed by atoms with Gasteiger partial charge in [0.15, 0.2) is 0 Å². The maximum absolute atomic E-state index is 12.2. The van der Waals surface area contributed by atoms with Gasteiger partial charge in [-0.25, -0.2) is 0 Å². The number of aromatic hydroxyl groups is 1. The van der Waals surface area contributed by atoms with Gasteiger partial charge in [0.2, 0.25) is 0 Å². The summed E-state index contributed by atoms with van der Waals surface area (Å²) in [5.41, 5.74) is 8.98. The number of phenolic OH excluding ortho intramolecular Hbond substituents is 1. The quantitative estimate of drug-likeness (QED) is 0.741. The van der Waals surface area contributed by atoms with Crippen molar-refractivity contribution in [3.63, 3.8) is 0 Å². The average molecular weight is 291 g/mol. The van der Waals surface area contributed by atoms with Crippen molar-refractivity contribution in [1.82, 2.24) is 0 Å². The zero-order valence-corrected chi connectivity index (χ0v) is 12.0. The SMILES string of the molecule is Cc1cc(N)cc(C)c1NC(=O)c1ccc(Cl)cc1O. The minimum absolute atomic E-state index is 0.152. The first kappa shape index (κ1) is 14.2. The number of amides is 1. The number of rotatable bonds is 2. The molecule has 104 valence electrons. The van der Waals surface area contributed by atoms with E-state index in [2.05, 4.69) is 5.32 Å². The van der Waals surface area contributed by atoms with E-state index in [1.54, 1.807) is 18.2 Å². The van der Waals surface area contributed by atoms with Gasteiger partial charge >= 0.3 is 0 Å². The molecule has 20 heavy (non-hydrogen) atoms. The Kier molecular flexibility index (Phi) is 3.86. The summed E-state index contributed by atoms with van der Waals surface area (Å²) in [7, 11) is 0. The van der Waals surface area contributed by atoms with E-state index < -0.39 is 5.91 Å². The van der Waals surface area contributed by atoms with Crippen LogP contribution in [0.2, 0.25) is 5.02 Å². The van der Waals surface area contributed by atoms with Gasteiger partial charge in [0.1, 0.15) is 5.75 Å². The van der Waals surface area contributed by atoms with Crippen LogP contribution >= 0.6 is 11.6 Å². The van der Waals surface area contributed by atoms with Crippen LogP contribution in [0.1, 0.15) is 21.5 Å². The monoisotopic (exact) mass is 290 g/mol. The summed E-state index contributed by atoms with van der Waals surface area (Å²) in [6.45, 7) is 3.72. The van der Waals surface area contributed by atoms with Crippen molar-refractivity contribution in [2.24, 2.45) is 0 Å². The Morgan fingerprint density at radius 2 is 1.80 bits per heavy atom. The van der Waals surface area contributed by atoms with Crippen LogP contribution in [0.15, 0.2) is 30.3 Å². The molecule has 0 bridgehead atoms. The van der Waals surface area contributed by atoms with E-state index in [0.717, 1.165) is 11.1 Å². The Morgan fingerprint density at radius 3 is 2.35 bits per heavy atom. The summed E-state index contributed by atoms with van der Waals surface area (Å²) in [6, 6.07) is 7.93. The van der Waals surface area contributed by atoms with E-state index in [1.807, 2.05) is 13.8 Å². The Balaban J connectivity index is 2.33. The van der Waals surface area contributed by atoms with E-state index in [0.29, 0.717) is 16.4 Å². The van der Waals surface area contributed by atoms with Gasteiger partial charge in [-0.3, -0.25) is 4.79 Å². The molecule has 0 spiro atoms. The molecule has 0 aromatic heterocycles. The van der Waals surface area contributed by atoms with Gasteiger partial charge in [0.25, 0.3) is 5.91 Å². The number of phenols is 1. The molecule has 0 atom stereocenters. The molecule has 0 heterocycles. The van der Waals surface area contributed by atoms with Gasteiger partial charge in [-0.15, -0.1) is 0 Å². The summed E-state index contributed by atoms with van der Waals surface area (Å²) in [5, 5.41) is 12.9. The van der Waals surface area contributed by atoms with Crippen LogP contribution in [0.4, 0.5) is 11.4 Å². The van der Waals surface area contributed by atoms with Gasteiger partial charge in [0.05, 0.1) is 5.56 Å². The van der Waals surface area contributed by atoms with E-state index in [4.69, 9.17) is 17.3 Å². The molecule has 4 nitrogen and oxygen atoms in total. The predicted octanol–water partition coefficient (Wildman–Crippen LogP) is 3.50. The van der Waals surface area contributed by atoms with Crippen molar-refractivity contribution < 1.29 is 9.90 Å². The minimum Gasteiger partial charge on any atom is -0.507 e. The maximum atomic E-state index is 12.2. The number of carbonyl (C=O) groups excluding carboxylic acids is 1. The average Bonchev–Trinajstić information content (AvgIpc) is 2.33. The molecule has 0 aliphatic rings. The van der Waals surface area contributed by atoms with Crippen LogP contribution in [0.25, 0.3) is 0 Å². The second-order valence-corrected chi connectivity index (χ2v) is 5.08. The van der Waals surface area contributed by atoms with Crippen molar-refractivity contribution in [2.45, 2.75) is 13.8 Å². The molecule has 2 aromatic rings. The predicted molar refractivity (Wildman–Crippen MR) is 81.4 cm³/mol. The Hall–Kier alpha value is -2.20. The van der Waals surface area contributed by atoms with Crippen LogP contribution in [0.3, 0.4) is 0 Å². The highest BCUT2D eigenvalue weighted by Crippen LogP contribution is 2.26. The highest BCUT2D eigenvalue weighted by Gasteiger charge is 2.14. The molecule has 2 aromatic carbocycles. The van der Waals surface area contributed by atoms with Crippen molar-refractivity contribution in [3.8, 4) is 5.75 Å². The van der Waals surface area contributed by atoms with E-state index in [1.165, 1.54) is 12.1 Å². The van der Waals surface area contributed by atoms with Crippen molar-refractivity contribution in [2.75, 3.05) is 11.1 Å². The molecule has 1 amide bonds. The summed E-state index contributed by atoms with van der Waals surface area (Å²) in [6.07, 6.45) is 0. The first-order valence-electron chi connectivity index (χ1n) is 6.05. The van der Waals surface area contributed by atoms with E-state index in [9.17, 15) is 9.90 Å². The number of nitrogens with one attached hydrogen (secondary N) is 1. The van der Waals surface area contributed by atoms with Crippen LogP contribution in [-0.2, 0) is 0 Å². The summed E-state index contributed by atoms with van der Waals surface area (Å²) in [5.74, 6) is -0.545. The topological polar surface area (TPSA) is 75.3 Å². The maximum Gasteiger partial charge on any atom is 0.259 e. The number of nitrogen functional groups attached to an aromatic ring is 1. The lowest BCUT2D eigenvalue weighted by Gasteiger charge is -2.13. The molecule has 0 aliphatic carbocycles. The highest BCUT2D eigenvalue weighted by atomic mass is 35.5. The third-order valence-electron chi connectivity index (χ3n) is 3.00. The standard InChI is InChI=1S/C15H15ClN2O2/c1-8-5-11(17)6-9(2)14(8)18-15(20)12-4-3-10(16)7-13(12)19/h3-7,19H,17H2,1-2H3,(H,18,20). The lowest BCUT2D eigenvalue weighted by atomic mass is 10.1. The normalized spacial score (nSPS) is 10.3. The summed E-state index contributed by atoms with van der Waals surface area (Å²) >= 11 is 5.74. The molecule has 0 fully saturated rings. The number of nitrogens with two attached hydrogens (primary N) is 1. The highest BCUT2D eigenvalue weighted by molar-refractivity contribution is 6.31. The van der Waals surface area contributed by atoms with Crippen LogP contribution in [0, 0.1) is 13.8 Å². The number of aryl methyl sites for hydroxylation is 2. The van der Waals surface area contributed by atoms with Crippen molar-refractivity contribution in [1.29, 1.82) is 0 Å². The van der Waals surface area contributed by atoms with Gasteiger partial charge in [-0.05, 0) is 55.3 Å². The second kappa shape index (κ2) is 5.43. The first-order chi connectivity index (χ1) is 9.38. The van der Waals surface area contributed by atoms with E-state index in [-0.39, 0.29) is 11.3 Å². The molecule has 5 heteroatoms. The smallest absolute Gasteiger partial charge is 0.259 e. The van der Waals surface area contributed by atoms with E-state index >= 15 is 0 Å². The summed E-state index contributed by atoms with van der Waals surface area (Å²) < 4.78 is 0. The molecule has 0 unspecified atom stereocenters. The Bertz CT molecular complexity index is 661. The molecule has 4 N–H and O–H groups in total. The zero-order chi connectivity index (χ0) is 14.9. The molecular weight excluding hydrogens is 276 g/mol. The lowest BCUT2D eigenvalue weighted by molar-refractivity contribution is 0.102. The number of carbonyl (C=O) groups is 1. The molecule has 2 rings (SSSR count). The van der Waals surface area contributed by atoms with Crippen LogP contribution in [-0.4, -0.2) is 11.0 Å². The Labute approximate surface area is 122 Å². The van der Waals surface area contributed by atoms with Crippen molar-refractivity contribution in [3.05, 3.63) is 52.0 Å². The molecule has 0 radical (unpaired) electrons. The fourth-order valence-corrected chi connectivity index (χ4v) is 2.24. The lowest BCUT2D eigenvalue weighted by Crippen LogP contribution is -2.14. The number of hydrogen-bond acceptors (Lipinski definition) is 3. The molecule has 0 saturated heterocycles. The fraction of sp³-hybridized carbons (Fsp3) is 0.133. The second-order valence-electron chi connectivity index (χ2n) is 4.65. The summed E-state index contributed by atoms with van der Waals surface area (Å²) in [4.78, 5) is 12.2. The third kappa shape index (κ3) is 2.86. The first-order valence-corrected chi connectivity index (χ1v) is 6.43. The third-order valence-corrected chi connectivity index (χ3v) is 3.23. The van der Waals surface area contributed by atoms with Gasteiger partial charge in [-0.1, -0.05) is 11.6 Å². The van der Waals surface area contributed by atoms with Gasteiger partial charge < -0.3 is 16.2 Å². The number of benzene rings is 2. The number of anilines is 2. The fourth-order valence-electron chi connectivity index (χ4n) is 2.07. The number of halogens is 1. The van der Waals surface area contributed by atoms with Gasteiger partial charge in [-0.2, -0.15) is 0 Å². The Morgan fingerprint density at radius 1 is 1.20 bits per heavy atom. The largest absolute Gasteiger partial charge is 0.507 e. The van der Waals surface area contributed by atoms with Crippen LogP contribution < -0.4 is 11.1 Å². The molecule has 0 saturated carbocycles. The van der Waals surface area contributed by atoms with Crippen LogP contribution in [0.5, 0.6) is 5.75 Å². The van der Waals surface area contributed by atoms with Gasteiger partial charge in [0, 0.05) is 16.4 Å². The molecule has 0 aliphatic heterocycles.